The number of thiazole rings is 1. The van der Waals surface area contributed by atoms with Crippen LogP contribution in [-0.4, -0.2) is 38.0 Å². The van der Waals surface area contributed by atoms with Gasteiger partial charge in [0.15, 0.2) is 10.3 Å². The lowest BCUT2D eigenvalue weighted by molar-refractivity contribution is -0.115. The van der Waals surface area contributed by atoms with E-state index >= 15 is 0 Å². The molecule has 9 heteroatoms. The standard InChI is InChI=1S/C20H25N5O2S2/c1-13-12-15(8-9-16(13)27-4)6-5-7-17-23-24-20(25(17)3)29-14(2)18(26)22-19-21-10-11-28-19/h8-12,14H,5-7H2,1-4H3,(H,21,22,26)/t14-/m1/s1. The summed E-state index contributed by atoms with van der Waals surface area (Å²) >= 11 is 2.80. The number of carbonyl (C=O) groups excluding carboxylic acids is 1. The van der Waals surface area contributed by atoms with Gasteiger partial charge in [-0.1, -0.05) is 23.9 Å². The van der Waals surface area contributed by atoms with Gasteiger partial charge in [-0.3, -0.25) is 4.79 Å². The first-order valence-corrected chi connectivity index (χ1v) is 11.1. The summed E-state index contributed by atoms with van der Waals surface area (Å²) in [4.78, 5) is 16.4. The van der Waals surface area contributed by atoms with Crippen molar-refractivity contribution in [2.45, 2.75) is 43.5 Å². The van der Waals surface area contributed by atoms with E-state index in [4.69, 9.17) is 4.74 Å². The average molecular weight is 432 g/mol. The molecule has 3 rings (SSSR count). The molecule has 7 nitrogen and oxygen atoms in total. The Balaban J connectivity index is 1.52. The third kappa shape index (κ3) is 5.57. The monoisotopic (exact) mass is 431 g/mol. The van der Waals surface area contributed by atoms with Gasteiger partial charge < -0.3 is 14.6 Å². The molecule has 2 aromatic heterocycles. The molecule has 0 bridgehead atoms. The van der Waals surface area contributed by atoms with Gasteiger partial charge in [0.05, 0.1) is 12.4 Å². The Kier molecular flexibility index (Phi) is 7.27. The number of rotatable bonds is 9. The van der Waals surface area contributed by atoms with E-state index in [0.29, 0.717) is 5.13 Å². The van der Waals surface area contributed by atoms with Crippen LogP contribution in [0, 0.1) is 6.92 Å². The lowest BCUT2D eigenvalue weighted by Gasteiger charge is -2.10. The van der Waals surface area contributed by atoms with E-state index in [1.807, 2.05) is 30.0 Å². The van der Waals surface area contributed by atoms with Crippen LogP contribution in [0.5, 0.6) is 5.75 Å². The number of hydrogen-bond acceptors (Lipinski definition) is 7. The van der Waals surface area contributed by atoms with Crippen LogP contribution in [0.2, 0.25) is 0 Å². The third-order valence-electron chi connectivity index (χ3n) is 4.56. The predicted molar refractivity (Wildman–Crippen MR) is 117 cm³/mol. The van der Waals surface area contributed by atoms with Crippen LogP contribution in [-0.2, 0) is 24.7 Å². The SMILES string of the molecule is COc1ccc(CCCc2nnc(S[C@H](C)C(=O)Nc3nccs3)n2C)cc1C. The zero-order valence-electron chi connectivity index (χ0n) is 17.0. The quantitative estimate of drug-likeness (QED) is 0.518. The van der Waals surface area contributed by atoms with Gasteiger partial charge in [-0.15, -0.1) is 21.5 Å². The van der Waals surface area contributed by atoms with E-state index in [9.17, 15) is 4.79 Å². The van der Waals surface area contributed by atoms with Crippen LogP contribution in [0.25, 0.3) is 0 Å². The maximum Gasteiger partial charge on any atom is 0.239 e. The molecule has 0 spiro atoms. The Morgan fingerprint density at radius 3 is 2.86 bits per heavy atom. The fourth-order valence-electron chi connectivity index (χ4n) is 2.92. The first-order chi connectivity index (χ1) is 14.0. The molecule has 29 heavy (non-hydrogen) atoms. The number of ether oxygens (including phenoxy) is 1. The van der Waals surface area contributed by atoms with Crippen molar-refractivity contribution in [2.24, 2.45) is 7.05 Å². The van der Waals surface area contributed by atoms with Crippen molar-refractivity contribution < 1.29 is 9.53 Å². The lowest BCUT2D eigenvalue weighted by atomic mass is 10.0. The molecule has 154 valence electrons. The van der Waals surface area contributed by atoms with E-state index in [1.165, 1.54) is 28.7 Å². The molecule has 1 aromatic carbocycles. The van der Waals surface area contributed by atoms with Gasteiger partial charge in [0.1, 0.15) is 11.6 Å². The van der Waals surface area contributed by atoms with Crippen molar-refractivity contribution in [3.63, 3.8) is 0 Å². The first kappa shape index (κ1) is 21.3. The third-order valence-corrected chi connectivity index (χ3v) is 6.39. The molecule has 2 heterocycles. The molecule has 0 radical (unpaired) electrons. The molecular weight excluding hydrogens is 406 g/mol. The number of aromatic nitrogens is 4. The highest BCUT2D eigenvalue weighted by Gasteiger charge is 2.19. The molecule has 1 atom stereocenters. The summed E-state index contributed by atoms with van der Waals surface area (Å²) in [5.41, 5.74) is 2.43. The highest BCUT2D eigenvalue weighted by molar-refractivity contribution is 8.00. The van der Waals surface area contributed by atoms with Crippen LogP contribution in [0.3, 0.4) is 0 Å². The van der Waals surface area contributed by atoms with Crippen molar-refractivity contribution >= 4 is 34.1 Å². The van der Waals surface area contributed by atoms with Crippen LogP contribution in [0.1, 0.15) is 30.3 Å². The highest BCUT2D eigenvalue weighted by atomic mass is 32.2. The summed E-state index contributed by atoms with van der Waals surface area (Å²) in [5, 5.41) is 14.3. The summed E-state index contributed by atoms with van der Waals surface area (Å²) in [6, 6.07) is 6.28. The Labute approximate surface area is 178 Å². The second-order valence-corrected chi connectivity index (χ2v) is 8.90. The molecule has 0 fully saturated rings. The first-order valence-electron chi connectivity index (χ1n) is 9.36. The van der Waals surface area contributed by atoms with Crippen molar-refractivity contribution in [2.75, 3.05) is 12.4 Å². The Morgan fingerprint density at radius 2 is 2.17 bits per heavy atom. The average Bonchev–Trinajstić information content (AvgIpc) is 3.33. The fourth-order valence-corrected chi connectivity index (χ4v) is 4.28. The molecule has 0 aliphatic carbocycles. The second-order valence-electron chi connectivity index (χ2n) is 6.70. The minimum absolute atomic E-state index is 0.0932. The number of anilines is 1. The van der Waals surface area contributed by atoms with Crippen molar-refractivity contribution in [3.05, 3.63) is 46.7 Å². The smallest absolute Gasteiger partial charge is 0.239 e. The maximum atomic E-state index is 12.3. The van der Waals surface area contributed by atoms with Crippen LogP contribution >= 0.6 is 23.1 Å². The van der Waals surface area contributed by atoms with Crippen LogP contribution in [0.4, 0.5) is 5.13 Å². The molecular formula is C20H25N5O2S2. The number of thioether (sulfide) groups is 1. The molecule has 1 amide bonds. The minimum atomic E-state index is -0.295. The van der Waals surface area contributed by atoms with Gasteiger partial charge in [-0.05, 0) is 43.9 Å². The number of methoxy groups -OCH3 is 1. The minimum Gasteiger partial charge on any atom is -0.496 e. The number of nitrogens with one attached hydrogen (secondary N) is 1. The highest BCUT2D eigenvalue weighted by Crippen LogP contribution is 2.24. The van der Waals surface area contributed by atoms with Crippen molar-refractivity contribution in [1.82, 2.24) is 19.7 Å². The summed E-state index contributed by atoms with van der Waals surface area (Å²) < 4.78 is 7.28. The van der Waals surface area contributed by atoms with E-state index < -0.39 is 0 Å². The largest absolute Gasteiger partial charge is 0.496 e. The number of hydrogen-bond donors (Lipinski definition) is 1. The molecule has 0 aliphatic heterocycles. The van der Waals surface area contributed by atoms with Gasteiger partial charge in [0.25, 0.3) is 0 Å². The number of nitrogens with zero attached hydrogens (tertiary/aromatic N) is 4. The lowest BCUT2D eigenvalue weighted by Crippen LogP contribution is -2.22. The Hall–Kier alpha value is -2.39. The molecule has 0 unspecified atom stereocenters. The number of aryl methyl sites for hydroxylation is 3. The number of benzene rings is 1. The number of carbonyl (C=O) groups is 1. The fraction of sp³-hybridized carbons (Fsp3) is 0.400. The van der Waals surface area contributed by atoms with Gasteiger partial charge in [0.2, 0.25) is 5.91 Å². The number of amides is 1. The van der Waals surface area contributed by atoms with Gasteiger partial charge in [-0.2, -0.15) is 0 Å². The van der Waals surface area contributed by atoms with Crippen molar-refractivity contribution in [3.8, 4) is 5.75 Å². The van der Waals surface area contributed by atoms with Crippen molar-refractivity contribution in [1.29, 1.82) is 0 Å². The molecule has 1 N–H and O–H groups in total. The second kappa shape index (κ2) is 9.89. The molecule has 0 saturated heterocycles. The van der Waals surface area contributed by atoms with Crippen LogP contribution < -0.4 is 10.1 Å². The zero-order chi connectivity index (χ0) is 20.8. The Morgan fingerprint density at radius 1 is 1.34 bits per heavy atom. The normalized spacial score (nSPS) is 12.0. The van der Waals surface area contributed by atoms with E-state index in [0.717, 1.165) is 41.6 Å². The van der Waals surface area contributed by atoms with Gasteiger partial charge >= 0.3 is 0 Å². The zero-order valence-corrected chi connectivity index (χ0v) is 18.6. The summed E-state index contributed by atoms with van der Waals surface area (Å²) in [5.74, 6) is 1.74. The predicted octanol–water partition coefficient (Wildman–Crippen LogP) is 3.88. The molecule has 0 aliphatic rings. The molecule has 0 saturated carbocycles. The summed E-state index contributed by atoms with van der Waals surface area (Å²) in [6.07, 6.45) is 4.43. The van der Waals surface area contributed by atoms with Gasteiger partial charge in [0, 0.05) is 25.0 Å². The Bertz CT molecular complexity index is 956. The van der Waals surface area contributed by atoms with Gasteiger partial charge in [-0.25, -0.2) is 4.98 Å². The summed E-state index contributed by atoms with van der Waals surface area (Å²) in [6.45, 7) is 3.91. The molecule has 3 aromatic rings. The van der Waals surface area contributed by atoms with Crippen LogP contribution in [0.15, 0.2) is 34.9 Å². The maximum absolute atomic E-state index is 12.3. The van der Waals surface area contributed by atoms with E-state index in [1.54, 1.807) is 13.3 Å². The van der Waals surface area contributed by atoms with E-state index in [2.05, 4.69) is 39.6 Å². The van der Waals surface area contributed by atoms with E-state index in [-0.39, 0.29) is 11.2 Å². The topological polar surface area (TPSA) is 81.9 Å². The summed E-state index contributed by atoms with van der Waals surface area (Å²) in [7, 11) is 3.63.